The third kappa shape index (κ3) is 6.72. The lowest BCUT2D eigenvalue weighted by Crippen LogP contribution is -2.38. The largest absolute Gasteiger partial charge is 0.492 e. The Kier molecular flexibility index (Phi) is 8.22. The molecule has 7 nitrogen and oxygen atoms in total. The second-order valence-corrected chi connectivity index (χ2v) is 10.9. The number of anilines is 2. The van der Waals surface area contributed by atoms with Crippen molar-refractivity contribution in [3.8, 4) is 16.9 Å². The molecule has 1 fully saturated rings. The monoisotopic (exact) mass is 522 g/mol. The van der Waals surface area contributed by atoms with Crippen molar-refractivity contribution in [3.05, 3.63) is 65.1 Å². The van der Waals surface area contributed by atoms with Crippen LogP contribution in [-0.2, 0) is 11.2 Å². The Morgan fingerprint density at radius 1 is 1.11 bits per heavy atom. The Morgan fingerprint density at radius 2 is 1.81 bits per heavy atom. The number of carboxylic acids is 1. The number of likely N-dealkylation sites (N-methyl/N-ethyl adjacent to an activating group) is 1. The number of benzene rings is 1. The first kappa shape index (κ1) is 26.7. The number of carbonyl (C=O) groups is 1. The Hall–Kier alpha value is -3.32. The van der Waals surface area contributed by atoms with Crippen molar-refractivity contribution in [2.45, 2.75) is 40.0 Å². The van der Waals surface area contributed by atoms with Gasteiger partial charge in [0.2, 0.25) is 0 Å². The van der Waals surface area contributed by atoms with Crippen LogP contribution >= 0.6 is 11.6 Å². The number of nitrogens with zero attached hydrogens (tertiary/aromatic N) is 4. The Bertz CT molecular complexity index is 1220. The molecule has 0 atom stereocenters. The van der Waals surface area contributed by atoms with Gasteiger partial charge in [-0.2, -0.15) is 0 Å². The van der Waals surface area contributed by atoms with Gasteiger partial charge < -0.3 is 19.6 Å². The van der Waals surface area contributed by atoms with Crippen LogP contribution in [0.15, 0.2) is 48.8 Å². The molecular weight excluding hydrogens is 488 g/mol. The molecule has 1 aliphatic heterocycles. The van der Waals surface area contributed by atoms with Gasteiger partial charge in [-0.1, -0.05) is 25.4 Å². The van der Waals surface area contributed by atoms with Crippen molar-refractivity contribution in [2.24, 2.45) is 5.41 Å². The smallest absolute Gasteiger partial charge is 0.307 e. The molecule has 0 amide bonds. The number of halogens is 1. The number of pyridine rings is 2. The van der Waals surface area contributed by atoms with E-state index in [0.29, 0.717) is 18.2 Å². The summed E-state index contributed by atoms with van der Waals surface area (Å²) in [5, 5.41) is 10.3. The van der Waals surface area contributed by atoms with Crippen LogP contribution < -0.4 is 14.5 Å². The van der Waals surface area contributed by atoms with Crippen molar-refractivity contribution in [2.75, 3.05) is 43.1 Å². The minimum atomic E-state index is -0.850. The highest BCUT2D eigenvalue weighted by atomic mass is 35.5. The Morgan fingerprint density at radius 3 is 2.43 bits per heavy atom. The highest BCUT2D eigenvalue weighted by Gasteiger charge is 2.29. The predicted molar refractivity (Wildman–Crippen MR) is 149 cm³/mol. The molecule has 0 aliphatic carbocycles. The fraction of sp³-hybridized carbons (Fsp3) is 0.414. The molecule has 0 saturated carbocycles. The van der Waals surface area contributed by atoms with E-state index in [1.54, 1.807) is 0 Å². The first-order valence-electron chi connectivity index (χ1n) is 12.6. The number of carboxylic acid groups (broad SMARTS) is 1. The summed E-state index contributed by atoms with van der Waals surface area (Å²) in [5.74, 6) is 0.755. The molecule has 37 heavy (non-hydrogen) atoms. The van der Waals surface area contributed by atoms with Crippen LogP contribution in [0.3, 0.4) is 0 Å². The first-order valence-corrected chi connectivity index (χ1v) is 13.0. The number of rotatable bonds is 9. The standard InChI is InChI=1S/C29H35ClN4O3/c1-20-24(17-27(35)36)28(34-13-11-29(2,3)12-14-34)25(19-31-20)21-5-10-26(32-18-21)33(4)15-16-37-23-8-6-22(30)7-9-23/h5-10,18-19H,11-17H2,1-4H3,(H,35,36). The van der Waals surface area contributed by atoms with Crippen LogP contribution in [0, 0.1) is 12.3 Å². The molecule has 1 aromatic carbocycles. The number of hydrogen-bond acceptors (Lipinski definition) is 6. The van der Waals surface area contributed by atoms with Gasteiger partial charge in [0.25, 0.3) is 0 Å². The van der Waals surface area contributed by atoms with Gasteiger partial charge in [-0.25, -0.2) is 4.98 Å². The van der Waals surface area contributed by atoms with Gasteiger partial charge in [-0.15, -0.1) is 0 Å². The lowest BCUT2D eigenvalue weighted by Gasteiger charge is -2.40. The van der Waals surface area contributed by atoms with Gasteiger partial charge in [0.05, 0.1) is 18.7 Å². The molecule has 1 N–H and O–H groups in total. The second kappa shape index (κ2) is 11.4. The number of aliphatic carboxylic acids is 1. The molecule has 4 rings (SSSR count). The van der Waals surface area contributed by atoms with E-state index >= 15 is 0 Å². The number of hydrogen-bond donors (Lipinski definition) is 1. The fourth-order valence-electron chi connectivity index (χ4n) is 4.62. The van der Waals surface area contributed by atoms with E-state index in [9.17, 15) is 9.90 Å². The zero-order valence-corrected chi connectivity index (χ0v) is 22.8. The number of aryl methyl sites for hydroxylation is 1. The zero-order chi connectivity index (χ0) is 26.6. The van der Waals surface area contributed by atoms with Crippen molar-refractivity contribution >= 4 is 29.1 Å². The van der Waals surface area contributed by atoms with E-state index in [-0.39, 0.29) is 11.8 Å². The van der Waals surface area contributed by atoms with E-state index < -0.39 is 5.97 Å². The quantitative estimate of drug-likeness (QED) is 0.376. The summed E-state index contributed by atoms with van der Waals surface area (Å²) in [5.41, 5.74) is 4.66. The third-order valence-electron chi connectivity index (χ3n) is 7.09. The van der Waals surface area contributed by atoms with E-state index in [2.05, 4.69) is 23.7 Å². The van der Waals surface area contributed by atoms with Crippen LogP contribution in [0.4, 0.5) is 11.5 Å². The summed E-state index contributed by atoms with van der Waals surface area (Å²) in [6, 6.07) is 11.3. The van der Waals surface area contributed by atoms with Crippen LogP contribution in [0.1, 0.15) is 37.9 Å². The number of ether oxygens (including phenoxy) is 1. The SMILES string of the molecule is Cc1ncc(-c2ccc(N(C)CCOc3ccc(Cl)cc3)nc2)c(N2CCC(C)(C)CC2)c1CC(=O)O. The first-order chi connectivity index (χ1) is 17.6. The van der Waals surface area contributed by atoms with Gasteiger partial charge in [0.15, 0.2) is 0 Å². The Labute approximate surface area is 224 Å². The molecule has 196 valence electrons. The fourth-order valence-corrected chi connectivity index (χ4v) is 4.75. The number of piperidine rings is 1. The molecule has 0 radical (unpaired) electrons. The summed E-state index contributed by atoms with van der Waals surface area (Å²) >= 11 is 5.93. The molecule has 3 aromatic rings. The molecule has 0 spiro atoms. The van der Waals surface area contributed by atoms with Crippen LogP contribution in [-0.4, -0.2) is 54.3 Å². The van der Waals surface area contributed by atoms with Gasteiger partial charge in [-0.3, -0.25) is 9.78 Å². The molecule has 3 heterocycles. The van der Waals surface area contributed by atoms with E-state index in [1.165, 1.54) is 0 Å². The summed E-state index contributed by atoms with van der Waals surface area (Å²) in [6.45, 7) is 9.43. The molecule has 1 aliphatic rings. The minimum Gasteiger partial charge on any atom is -0.492 e. The molecule has 0 unspecified atom stereocenters. The maximum Gasteiger partial charge on any atom is 0.307 e. The summed E-state index contributed by atoms with van der Waals surface area (Å²) in [7, 11) is 1.98. The highest BCUT2D eigenvalue weighted by Crippen LogP contribution is 2.39. The molecule has 2 aromatic heterocycles. The number of aromatic nitrogens is 2. The van der Waals surface area contributed by atoms with Crippen LogP contribution in [0.25, 0.3) is 11.1 Å². The van der Waals surface area contributed by atoms with E-state index in [0.717, 1.165) is 65.6 Å². The molecule has 1 saturated heterocycles. The summed E-state index contributed by atoms with van der Waals surface area (Å²) in [6.07, 6.45) is 5.76. The summed E-state index contributed by atoms with van der Waals surface area (Å²) < 4.78 is 5.81. The third-order valence-corrected chi connectivity index (χ3v) is 7.34. The second-order valence-electron chi connectivity index (χ2n) is 10.4. The molecule has 0 bridgehead atoms. The van der Waals surface area contributed by atoms with Gasteiger partial charge >= 0.3 is 5.97 Å². The lowest BCUT2D eigenvalue weighted by molar-refractivity contribution is -0.136. The van der Waals surface area contributed by atoms with Gasteiger partial charge in [-0.05, 0) is 61.6 Å². The Balaban J connectivity index is 1.54. The summed E-state index contributed by atoms with van der Waals surface area (Å²) in [4.78, 5) is 25.4. The van der Waals surface area contributed by atoms with Crippen molar-refractivity contribution in [1.29, 1.82) is 0 Å². The molecule has 8 heteroatoms. The van der Waals surface area contributed by atoms with E-state index in [1.807, 2.05) is 67.7 Å². The van der Waals surface area contributed by atoms with Gasteiger partial charge in [0.1, 0.15) is 18.2 Å². The van der Waals surface area contributed by atoms with Gasteiger partial charge in [0, 0.05) is 59.9 Å². The maximum absolute atomic E-state index is 11.7. The minimum absolute atomic E-state index is 0.0518. The zero-order valence-electron chi connectivity index (χ0n) is 22.0. The topological polar surface area (TPSA) is 78.8 Å². The maximum atomic E-state index is 11.7. The average molecular weight is 523 g/mol. The highest BCUT2D eigenvalue weighted by molar-refractivity contribution is 6.30. The van der Waals surface area contributed by atoms with Crippen LogP contribution in [0.2, 0.25) is 5.02 Å². The van der Waals surface area contributed by atoms with Crippen molar-refractivity contribution in [1.82, 2.24) is 9.97 Å². The normalized spacial score (nSPS) is 14.9. The van der Waals surface area contributed by atoms with Crippen LogP contribution in [0.5, 0.6) is 5.75 Å². The van der Waals surface area contributed by atoms with E-state index in [4.69, 9.17) is 21.3 Å². The average Bonchev–Trinajstić information content (AvgIpc) is 2.86. The molecular formula is C29H35ClN4O3. The van der Waals surface area contributed by atoms with Crippen molar-refractivity contribution < 1.29 is 14.6 Å². The van der Waals surface area contributed by atoms with Crippen molar-refractivity contribution in [3.63, 3.8) is 0 Å². The lowest BCUT2D eigenvalue weighted by atomic mass is 9.82. The predicted octanol–water partition coefficient (Wildman–Crippen LogP) is 5.87.